The second-order valence-electron chi connectivity index (χ2n) is 7.21. The third-order valence-electron chi connectivity index (χ3n) is 5.23. The topological polar surface area (TPSA) is 73.2 Å². The standard InChI is InChI=1S/C23H20FN3O2S/c24-20-7-9-22(10-8-20)30(28,29)27-16-19-12-18(14-25)6-11-23(19)26-15-21(27)13-17-4-2-1-3-5-17/h1-12,21,26H,13,15-16H2. The van der Waals surface area contributed by atoms with E-state index in [0.717, 1.165) is 28.9 Å². The molecule has 1 atom stereocenters. The molecule has 0 saturated heterocycles. The molecule has 0 amide bonds. The summed E-state index contributed by atoms with van der Waals surface area (Å²) in [5.41, 5.74) is 3.03. The van der Waals surface area contributed by atoms with Crippen molar-refractivity contribution >= 4 is 15.7 Å². The third-order valence-corrected chi connectivity index (χ3v) is 7.14. The number of nitriles is 1. The van der Waals surface area contributed by atoms with Gasteiger partial charge in [0, 0.05) is 24.8 Å². The van der Waals surface area contributed by atoms with Crippen molar-refractivity contribution in [1.29, 1.82) is 5.26 Å². The van der Waals surface area contributed by atoms with Gasteiger partial charge in [-0.05, 0) is 60.0 Å². The molecule has 1 unspecified atom stereocenters. The largest absolute Gasteiger partial charge is 0.383 e. The molecule has 30 heavy (non-hydrogen) atoms. The summed E-state index contributed by atoms with van der Waals surface area (Å²) < 4.78 is 41.9. The Balaban J connectivity index is 1.77. The second kappa shape index (κ2) is 8.27. The predicted octanol–water partition coefficient (Wildman–Crippen LogP) is 3.93. The minimum atomic E-state index is -3.89. The molecule has 1 N–H and O–H groups in total. The van der Waals surface area contributed by atoms with Crippen molar-refractivity contribution in [3.05, 3.63) is 95.3 Å². The van der Waals surface area contributed by atoms with Gasteiger partial charge >= 0.3 is 0 Å². The van der Waals surface area contributed by atoms with Crippen LogP contribution < -0.4 is 5.32 Å². The Hall–Kier alpha value is -3.21. The summed E-state index contributed by atoms with van der Waals surface area (Å²) in [5, 5.41) is 12.6. The van der Waals surface area contributed by atoms with E-state index in [9.17, 15) is 18.1 Å². The number of hydrogen-bond acceptors (Lipinski definition) is 4. The minimum Gasteiger partial charge on any atom is -0.383 e. The van der Waals surface area contributed by atoms with Crippen molar-refractivity contribution < 1.29 is 12.8 Å². The number of halogens is 1. The van der Waals surface area contributed by atoms with Crippen molar-refractivity contribution in [3.8, 4) is 6.07 Å². The van der Waals surface area contributed by atoms with Crippen LogP contribution in [0.3, 0.4) is 0 Å². The highest BCUT2D eigenvalue weighted by Gasteiger charge is 2.34. The predicted molar refractivity (Wildman–Crippen MR) is 113 cm³/mol. The van der Waals surface area contributed by atoms with Gasteiger partial charge in [0.25, 0.3) is 0 Å². The number of nitrogens with zero attached hydrogens (tertiary/aromatic N) is 2. The summed E-state index contributed by atoms with van der Waals surface area (Å²) in [6.45, 7) is 0.531. The molecule has 0 bridgehead atoms. The lowest BCUT2D eigenvalue weighted by Gasteiger charge is -2.29. The highest BCUT2D eigenvalue weighted by Crippen LogP contribution is 2.30. The molecule has 152 valence electrons. The Morgan fingerprint density at radius 2 is 1.80 bits per heavy atom. The molecule has 1 heterocycles. The van der Waals surface area contributed by atoms with Crippen LogP contribution in [0.5, 0.6) is 0 Å². The summed E-state index contributed by atoms with van der Waals surface area (Å²) in [7, 11) is -3.89. The molecule has 3 aromatic carbocycles. The van der Waals surface area contributed by atoms with Crippen molar-refractivity contribution in [1.82, 2.24) is 4.31 Å². The first-order valence-electron chi connectivity index (χ1n) is 9.55. The van der Waals surface area contributed by atoms with Gasteiger partial charge in [-0.2, -0.15) is 9.57 Å². The van der Waals surface area contributed by atoms with Gasteiger partial charge in [-0.25, -0.2) is 12.8 Å². The van der Waals surface area contributed by atoms with Crippen LogP contribution in [0.25, 0.3) is 0 Å². The van der Waals surface area contributed by atoms with Crippen molar-refractivity contribution in [2.24, 2.45) is 0 Å². The average Bonchev–Trinajstić information content (AvgIpc) is 2.94. The summed E-state index contributed by atoms with van der Waals surface area (Å²) in [6.07, 6.45) is 0.521. The Labute approximate surface area is 175 Å². The van der Waals surface area contributed by atoms with Gasteiger partial charge in [-0.1, -0.05) is 30.3 Å². The molecule has 0 aromatic heterocycles. The number of hydrogen-bond donors (Lipinski definition) is 1. The van der Waals surface area contributed by atoms with Crippen LogP contribution in [0.15, 0.2) is 77.7 Å². The molecule has 0 saturated carbocycles. The highest BCUT2D eigenvalue weighted by atomic mass is 32.2. The molecule has 5 nitrogen and oxygen atoms in total. The lowest BCUT2D eigenvalue weighted by atomic mass is 10.1. The van der Waals surface area contributed by atoms with E-state index in [2.05, 4.69) is 11.4 Å². The lowest BCUT2D eigenvalue weighted by molar-refractivity contribution is 0.326. The van der Waals surface area contributed by atoms with Crippen molar-refractivity contribution in [2.45, 2.75) is 23.9 Å². The van der Waals surface area contributed by atoms with E-state index in [1.807, 2.05) is 36.4 Å². The third kappa shape index (κ3) is 4.06. The highest BCUT2D eigenvalue weighted by molar-refractivity contribution is 7.89. The van der Waals surface area contributed by atoms with Crippen LogP contribution in [0.1, 0.15) is 16.7 Å². The zero-order valence-electron chi connectivity index (χ0n) is 16.1. The van der Waals surface area contributed by atoms with Gasteiger partial charge in [0.1, 0.15) is 5.82 Å². The van der Waals surface area contributed by atoms with Gasteiger partial charge in [0.15, 0.2) is 0 Å². The minimum absolute atomic E-state index is 0.0434. The molecule has 0 radical (unpaired) electrons. The van der Waals surface area contributed by atoms with E-state index in [-0.39, 0.29) is 17.5 Å². The van der Waals surface area contributed by atoms with E-state index in [0.29, 0.717) is 18.5 Å². The van der Waals surface area contributed by atoms with Crippen LogP contribution in [-0.2, 0) is 23.0 Å². The quantitative estimate of drug-likeness (QED) is 0.693. The first-order chi connectivity index (χ1) is 14.5. The van der Waals surface area contributed by atoms with Gasteiger partial charge in [0.2, 0.25) is 10.0 Å². The first-order valence-corrected chi connectivity index (χ1v) is 11.0. The fourth-order valence-corrected chi connectivity index (χ4v) is 5.28. The molecular weight excluding hydrogens is 401 g/mol. The lowest BCUT2D eigenvalue weighted by Crippen LogP contribution is -2.43. The fraction of sp³-hybridized carbons (Fsp3) is 0.174. The maximum Gasteiger partial charge on any atom is 0.243 e. The van der Waals surface area contributed by atoms with Crippen molar-refractivity contribution in [3.63, 3.8) is 0 Å². The zero-order valence-corrected chi connectivity index (χ0v) is 16.9. The van der Waals surface area contributed by atoms with E-state index >= 15 is 0 Å². The van der Waals surface area contributed by atoms with E-state index < -0.39 is 15.8 Å². The van der Waals surface area contributed by atoms with Gasteiger partial charge in [0.05, 0.1) is 16.5 Å². The summed E-state index contributed by atoms with van der Waals surface area (Å²) >= 11 is 0. The monoisotopic (exact) mass is 421 g/mol. The fourth-order valence-electron chi connectivity index (χ4n) is 3.68. The molecule has 1 aliphatic rings. The number of anilines is 1. The van der Waals surface area contributed by atoms with Crippen LogP contribution in [0.4, 0.5) is 10.1 Å². The zero-order chi connectivity index (χ0) is 21.1. The molecule has 3 aromatic rings. The van der Waals surface area contributed by atoms with Gasteiger partial charge in [-0.15, -0.1) is 0 Å². The molecule has 0 fully saturated rings. The van der Waals surface area contributed by atoms with E-state index in [1.165, 1.54) is 16.4 Å². The van der Waals surface area contributed by atoms with E-state index in [1.54, 1.807) is 12.1 Å². The number of benzene rings is 3. The smallest absolute Gasteiger partial charge is 0.243 e. The Morgan fingerprint density at radius 1 is 1.07 bits per heavy atom. The van der Waals surface area contributed by atoms with Crippen LogP contribution >= 0.6 is 0 Å². The molecule has 7 heteroatoms. The molecule has 1 aliphatic heterocycles. The van der Waals surface area contributed by atoms with Gasteiger partial charge < -0.3 is 5.32 Å². The first kappa shape index (κ1) is 20.1. The van der Waals surface area contributed by atoms with Gasteiger partial charge in [-0.3, -0.25) is 0 Å². The Kier molecular flexibility index (Phi) is 5.53. The molecule has 0 aliphatic carbocycles. The maximum atomic E-state index is 13.5. The normalized spacial score (nSPS) is 16.7. The summed E-state index contributed by atoms with van der Waals surface area (Å²) in [5.74, 6) is -0.490. The molecular formula is C23H20FN3O2S. The maximum absolute atomic E-state index is 13.5. The van der Waals surface area contributed by atoms with E-state index in [4.69, 9.17) is 0 Å². The number of nitrogens with one attached hydrogen (secondary N) is 1. The Morgan fingerprint density at radius 3 is 2.50 bits per heavy atom. The Bertz CT molecular complexity index is 1190. The van der Waals surface area contributed by atoms with Crippen LogP contribution in [-0.4, -0.2) is 25.3 Å². The summed E-state index contributed by atoms with van der Waals surface area (Å²) in [4.78, 5) is 0.0434. The summed E-state index contributed by atoms with van der Waals surface area (Å²) in [6, 6.07) is 21.5. The van der Waals surface area contributed by atoms with Crippen LogP contribution in [0.2, 0.25) is 0 Å². The number of rotatable bonds is 4. The number of sulfonamides is 1. The SMILES string of the molecule is N#Cc1ccc2c(c1)CN(S(=O)(=O)c1ccc(F)cc1)C(Cc1ccccc1)CN2. The van der Waals surface area contributed by atoms with Crippen LogP contribution in [0, 0.1) is 17.1 Å². The second-order valence-corrected chi connectivity index (χ2v) is 9.10. The number of fused-ring (bicyclic) bond motifs is 1. The van der Waals surface area contributed by atoms with Crippen molar-refractivity contribution in [2.75, 3.05) is 11.9 Å². The molecule has 0 spiro atoms. The average molecular weight is 421 g/mol. The molecule has 4 rings (SSSR count).